The van der Waals surface area contributed by atoms with E-state index in [1.54, 1.807) is 0 Å². The van der Waals surface area contributed by atoms with Crippen LogP contribution >= 0.6 is 0 Å². The fourth-order valence-corrected chi connectivity index (χ4v) is 5.99. The number of rotatable bonds is 5. The predicted octanol–water partition coefficient (Wildman–Crippen LogP) is 3.37. The summed E-state index contributed by atoms with van der Waals surface area (Å²) in [6, 6.07) is 0. The van der Waals surface area contributed by atoms with Crippen LogP contribution in [0.25, 0.3) is 0 Å². The van der Waals surface area contributed by atoms with Crippen molar-refractivity contribution >= 4 is 0 Å². The zero-order valence-electron chi connectivity index (χ0n) is 15.7. The molecular weight excluding hydrogens is 284 g/mol. The van der Waals surface area contributed by atoms with Gasteiger partial charge in [0.25, 0.3) is 0 Å². The third-order valence-electron chi connectivity index (χ3n) is 7.58. The van der Waals surface area contributed by atoms with Crippen LogP contribution in [0, 0.1) is 17.3 Å². The number of likely N-dealkylation sites (tertiary alicyclic amines) is 1. The van der Waals surface area contributed by atoms with E-state index < -0.39 is 0 Å². The second kappa shape index (κ2) is 7.01. The molecule has 1 aliphatic heterocycles. The minimum atomic E-state index is 0.328. The summed E-state index contributed by atoms with van der Waals surface area (Å²) in [4.78, 5) is 5.22. The van der Waals surface area contributed by atoms with Gasteiger partial charge in [0.05, 0.1) is 0 Å². The van der Waals surface area contributed by atoms with Gasteiger partial charge in [-0.2, -0.15) is 0 Å². The Morgan fingerprint density at radius 2 is 1.74 bits per heavy atom. The molecule has 1 N–H and O–H groups in total. The summed E-state index contributed by atoms with van der Waals surface area (Å²) in [5, 5.41) is 9.32. The molecule has 1 saturated heterocycles. The molecule has 3 nitrogen and oxygen atoms in total. The van der Waals surface area contributed by atoms with Crippen LogP contribution < -0.4 is 0 Å². The van der Waals surface area contributed by atoms with Crippen molar-refractivity contribution in [1.29, 1.82) is 0 Å². The molecule has 1 unspecified atom stereocenters. The summed E-state index contributed by atoms with van der Waals surface area (Å²) >= 11 is 0. The maximum Gasteiger partial charge on any atom is 0.0468 e. The average Bonchev–Trinajstić information content (AvgIpc) is 3.19. The lowest BCUT2D eigenvalue weighted by Crippen LogP contribution is -2.54. The molecule has 0 aromatic carbocycles. The second-order valence-electron chi connectivity index (χ2n) is 9.25. The van der Waals surface area contributed by atoms with Crippen molar-refractivity contribution in [2.45, 2.75) is 70.3 Å². The average molecular weight is 323 g/mol. The number of aliphatic hydroxyl groups is 1. The van der Waals surface area contributed by atoms with E-state index in [1.165, 1.54) is 70.9 Å². The van der Waals surface area contributed by atoms with Crippen LogP contribution in [0.4, 0.5) is 0 Å². The van der Waals surface area contributed by atoms with Crippen LogP contribution in [-0.2, 0) is 0 Å². The van der Waals surface area contributed by atoms with Crippen LogP contribution in [0.5, 0.6) is 0 Å². The van der Waals surface area contributed by atoms with Gasteiger partial charge in [0.1, 0.15) is 0 Å². The minimum absolute atomic E-state index is 0.328. The van der Waals surface area contributed by atoms with Crippen LogP contribution in [0.15, 0.2) is 0 Å². The number of aliphatic hydroxyl groups excluding tert-OH is 1. The number of hydrogen-bond acceptors (Lipinski definition) is 3. The summed E-state index contributed by atoms with van der Waals surface area (Å²) < 4.78 is 0. The highest BCUT2D eigenvalue weighted by Gasteiger charge is 2.50. The first-order valence-electron chi connectivity index (χ1n) is 10.0. The standard InChI is InChI=1S/C20H38N2O/c1-17(15-23)14-22-13-12-19(16-22)8-10-20(11-9-19,21(2)3)18-6-4-5-7-18/h17-18,23H,4-16H2,1-3H3. The Bertz CT molecular complexity index is 381. The Balaban J connectivity index is 1.61. The van der Waals surface area contributed by atoms with Gasteiger partial charge in [-0.05, 0) is 82.8 Å². The molecule has 3 heteroatoms. The van der Waals surface area contributed by atoms with Gasteiger partial charge in [-0.3, -0.25) is 0 Å². The van der Waals surface area contributed by atoms with Gasteiger partial charge in [0.2, 0.25) is 0 Å². The Hall–Kier alpha value is -0.120. The summed E-state index contributed by atoms with van der Waals surface area (Å²) in [6.45, 7) is 6.12. The smallest absolute Gasteiger partial charge is 0.0468 e. The van der Waals surface area contributed by atoms with Crippen molar-refractivity contribution in [2.75, 3.05) is 40.3 Å². The van der Waals surface area contributed by atoms with E-state index in [-0.39, 0.29) is 0 Å². The molecule has 0 aromatic heterocycles. The van der Waals surface area contributed by atoms with E-state index >= 15 is 0 Å². The molecule has 0 bridgehead atoms. The first-order chi connectivity index (χ1) is 11.0. The lowest BCUT2D eigenvalue weighted by molar-refractivity contribution is -0.00272. The molecule has 3 aliphatic rings. The zero-order valence-corrected chi connectivity index (χ0v) is 15.7. The predicted molar refractivity (Wildman–Crippen MR) is 96.6 cm³/mol. The fraction of sp³-hybridized carbons (Fsp3) is 1.00. The van der Waals surface area contributed by atoms with Crippen molar-refractivity contribution in [3.63, 3.8) is 0 Å². The molecule has 3 fully saturated rings. The van der Waals surface area contributed by atoms with Gasteiger partial charge >= 0.3 is 0 Å². The van der Waals surface area contributed by atoms with E-state index in [4.69, 9.17) is 0 Å². The van der Waals surface area contributed by atoms with Crippen molar-refractivity contribution in [2.24, 2.45) is 17.3 Å². The molecule has 1 atom stereocenters. The van der Waals surface area contributed by atoms with Gasteiger partial charge < -0.3 is 14.9 Å². The molecule has 134 valence electrons. The fourth-order valence-electron chi connectivity index (χ4n) is 5.99. The minimum Gasteiger partial charge on any atom is -0.396 e. The third kappa shape index (κ3) is 3.48. The van der Waals surface area contributed by atoms with Crippen LogP contribution in [0.1, 0.15) is 64.7 Å². The first kappa shape index (κ1) is 17.7. The SMILES string of the molecule is CC(CO)CN1CCC2(CCC(C3CCCC3)(N(C)C)CC2)C1. The maximum atomic E-state index is 9.32. The van der Waals surface area contributed by atoms with Crippen molar-refractivity contribution in [3.05, 3.63) is 0 Å². The van der Waals surface area contributed by atoms with E-state index in [0.29, 0.717) is 23.5 Å². The molecule has 0 radical (unpaired) electrons. The Labute approximate surface area is 143 Å². The molecule has 3 rings (SSSR count). The van der Waals surface area contributed by atoms with Crippen molar-refractivity contribution in [3.8, 4) is 0 Å². The Morgan fingerprint density at radius 1 is 1.09 bits per heavy atom. The molecule has 23 heavy (non-hydrogen) atoms. The van der Waals surface area contributed by atoms with E-state index in [2.05, 4.69) is 30.8 Å². The summed E-state index contributed by atoms with van der Waals surface area (Å²) in [7, 11) is 4.67. The van der Waals surface area contributed by atoms with Gasteiger partial charge in [-0.25, -0.2) is 0 Å². The lowest BCUT2D eigenvalue weighted by atomic mass is 9.62. The number of nitrogens with zero attached hydrogens (tertiary/aromatic N) is 2. The normalized spacial score (nSPS) is 38.0. The highest BCUT2D eigenvalue weighted by Crippen LogP contribution is 2.53. The van der Waals surface area contributed by atoms with E-state index in [1.807, 2.05) is 0 Å². The Kier molecular flexibility index (Phi) is 5.40. The molecule has 0 aromatic rings. The molecule has 1 spiro atoms. The maximum absolute atomic E-state index is 9.32. The van der Waals surface area contributed by atoms with E-state index in [9.17, 15) is 5.11 Å². The molecule has 1 heterocycles. The van der Waals surface area contributed by atoms with Crippen LogP contribution in [-0.4, -0.2) is 60.8 Å². The van der Waals surface area contributed by atoms with Crippen LogP contribution in [0.2, 0.25) is 0 Å². The largest absolute Gasteiger partial charge is 0.396 e. The molecule has 0 amide bonds. The monoisotopic (exact) mass is 322 g/mol. The summed E-state index contributed by atoms with van der Waals surface area (Å²) in [6.07, 6.45) is 12.9. The molecule has 2 aliphatic carbocycles. The summed E-state index contributed by atoms with van der Waals surface area (Å²) in [5.41, 5.74) is 1.08. The Morgan fingerprint density at radius 3 is 2.30 bits per heavy atom. The second-order valence-corrected chi connectivity index (χ2v) is 9.25. The van der Waals surface area contributed by atoms with Crippen LogP contribution in [0.3, 0.4) is 0 Å². The van der Waals surface area contributed by atoms with Gasteiger partial charge in [-0.15, -0.1) is 0 Å². The lowest BCUT2D eigenvalue weighted by Gasteiger charge is -2.52. The molecule has 2 saturated carbocycles. The first-order valence-corrected chi connectivity index (χ1v) is 10.0. The van der Waals surface area contributed by atoms with Gasteiger partial charge in [0.15, 0.2) is 0 Å². The van der Waals surface area contributed by atoms with E-state index in [0.717, 1.165) is 12.5 Å². The quantitative estimate of drug-likeness (QED) is 0.840. The molecular formula is C20H38N2O. The van der Waals surface area contributed by atoms with Crippen molar-refractivity contribution in [1.82, 2.24) is 9.80 Å². The highest BCUT2D eigenvalue weighted by atomic mass is 16.3. The van der Waals surface area contributed by atoms with Crippen molar-refractivity contribution < 1.29 is 5.11 Å². The highest BCUT2D eigenvalue weighted by molar-refractivity contribution is 5.05. The third-order valence-corrected chi connectivity index (χ3v) is 7.58. The topological polar surface area (TPSA) is 26.7 Å². The van der Waals surface area contributed by atoms with Gasteiger partial charge in [-0.1, -0.05) is 19.8 Å². The van der Waals surface area contributed by atoms with Gasteiger partial charge in [0, 0.05) is 25.2 Å². The summed E-state index contributed by atoms with van der Waals surface area (Å²) in [5.74, 6) is 1.37. The number of hydrogen-bond donors (Lipinski definition) is 1. The zero-order chi connectivity index (χ0) is 16.5.